The van der Waals surface area contributed by atoms with Gasteiger partial charge < -0.3 is 14.6 Å². The van der Waals surface area contributed by atoms with E-state index >= 15 is 0 Å². The Balaban J connectivity index is 1.19. The van der Waals surface area contributed by atoms with E-state index in [1.807, 2.05) is 6.92 Å². The molecule has 0 aromatic rings. The maximum atomic E-state index is 13.3. The Hall–Kier alpha value is -1.20. The zero-order valence-corrected chi connectivity index (χ0v) is 20.3. The molecule has 2 saturated heterocycles. The van der Waals surface area contributed by atoms with E-state index in [0.29, 0.717) is 60.4 Å². The minimum atomic E-state index is -0.590. The molecule has 0 radical (unpaired) electrons. The van der Waals surface area contributed by atoms with E-state index in [-0.39, 0.29) is 40.3 Å². The molecule has 5 saturated carbocycles. The minimum absolute atomic E-state index is 0.0959. The summed E-state index contributed by atoms with van der Waals surface area (Å²) < 4.78 is 12.2. The maximum absolute atomic E-state index is 13.3. The van der Waals surface area contributed by atoms with Gasteiger partial charge in [-0.25, -0.2) is 4.79 Å². The number of aliphatic hydroxyl groups is 1. The van der Waals surface area contributed by atoms with E-state index in [2.05, 4.69) is 20.4 Å². The van der Waals surface area contributed by atoms with E-state index in [0.717, 1.165) is 38.5 Å². The molecule has 1 N–H and O–H groups in total. The topological polar surface area (TPSA) is 72.8 Å². The van der Waals surface area contributed by atoms with Crippen LogP contribution in [0.4, 0.5) is 0 Å². The van der Waals surface area contributed by atoms with Gasteiger partial charge >= 0.3 is 5.97 Å². The number of esters is 1. The summed E-state index contributed by atoms with van der Waals surface area (Å²) in [6.07, 6.45) is 7.39. The third-order valence-electron chi connectivity index (χ3n) is 12.8. The number of Topliss-reactive ketones (excluding diaryl/α,β-unsaturated/α-hetero) is 1. The maximum Gasteiger partial charge on any atom is 0.336 e. The lowest BCUT2D eigenvalue weighted by Gasteiger charge is -2.60. The van der Waals surface area contributed by atoms with Crippen LogP contribution in [0, 0.1) is 51.8 Å². The Bertz CT molecular complexity index is 973. The fraction of sp³-hybridized carbons (Fsp3) is 0.857. The molecule has 180 valence electrons. The summed E-state index contributed by atoms with van der Waals surface area (Å²) in [6.45, 7) is 11.2. The van der Waals surface area contributed by atoms with Crippen LogP contribution in [0.2, 0.25) is 0 Å². The van der Waals surface area contributed by atoms with Crippen LogP contribution in [-0.2, 0) is 19.1 Å². The first-order valence-corrected chi connectivity index (χ1v) is 13.3. The smallest absolute Gasteiger partial charge is 0.336 e. The van der Waals surface area contributed by atoms with Gasteiger partial charge in [-0.2, -0.15) is 0 Å². The number of fused-ring (bicyclic) bond motifs is 6. The molecule has 12 atom stereocenters. The van der Waals surface area contributed by atoms with E-state index in [9.17, 15) is 14.7 Å². The quantitative estimate of drug-likeness (QED) is 0.478. The van der Waals surface area contributed by atoms with Gasteiger partial charge in [0, 0.05) is 29.6 Å². The normalized spacial score (nSPS) is 61.0. The molecule has 33 heavy (non-hydrogen) atoms. The van der Waals surface area contributed by atoms with Crippen LogP contribution in [-0.4, -0.2) is 41.3 Å². The van der Waals surface area contributed by atoms with E-state index in [1.54, 1.807) is 0 Å². The third-order valence-corrected chi connectivity index (χ3v) is 12.8. The lowest BCUT2D eigenvalue weighted by Crippen LogP contribution is -2.60. The molecule has 0 aromatic heterocycles. The van der Waals surface area contributed by atoms with Crippen LogP contribution < -0.4 is 0 Å². The third kappa shape index (κ3) is 2.24. The number of carbonyl (C=O) groups excluding carboxylic acids is 2. The van der Waals surface area contributed by atoms with E-state index < -0.39 is 5.60 Å². The van der Waals surface area contributed by atoms with Crippen LogP contribution in [0.1, 0.15) is 72.1 Å². The lowest BCUT2D eigenvalue weighted by molar-refractivity contribution is -0.203. The predicted molar refractivity (Wildman–Crippen MR) is 121 cm³/mol. The monoisotopic (exact) mass is 454 g/mol. The van der Waals surface area contributed by atoms with Gasteiger partial charge in [-0.3, -0.25) is 4.79 Å². The van der Waals surface area contributed by atoms with Crippen molar-refractivity contribution in [1.82, 2.24) is 0 Å². The van der Waals surface area contributed by atoms with Gasteiger partial charge in [0.05, 0.1) is 18.3 Å². The molecule has 2 bridgehead atoms. The number of aliphatic hydroxyl groups excluding tert-OH is 1. The summed E-state index contributed by atoms with van der Waals surface area (Å²) in [7, 11) is 0. The van der Waals surface area contributed by atoms with Crippen molar-refractivity contribution in [3.8, 4) is 0 Å². The Morgan fingerprint density at radius 3 is 2.48 bits per heavy atom. The van der Waals surface area contributed by atoms with Gasteiger partial charge in [0.25, 0.3) is 0 Å². The zero-order chi connectivity index (χ0) is 23.1. The molecule has 1 spiro atoms. The second-order valence-corrected chi connectivity index (χ2v) is 13.5. The standard InChI is InChI=1S/C28H38O5/c1-14-24(31)33-21-12-26(14,3)32-13-17(21)19-6-5-18-16-10-23(30)28-11-15(28)9-22(29)27(28,4)20(16)7-8-25(18,19)2/h15-21,23,30H,1,5-13H2,2-4H3/t15?,16-,17-,18-,19?,20-,21+,23+,25-,26+,27-,28?/m0/s1. The molecule has 2 aliphatic heterocycles. The van der Waals surface area contributed by atoms with E-state index in [1.165, 1.54) is 0 Å². The van der Waals surface area contributed by atoms with Crippen LogP contribution in [0.25, 0.3) is 0 Å². The van der Waals surface area contributed by atoms with Crippen molar-refractivity contribution in [2.24, 2.45) is 51.8 Å². The van der Waals surface area contributed by atoms with Crippen LogP contribution in [0.3, 0.4) is 0 Å². The summed E-state index contributed by atoms with van der Waals surface area (Å²) in [6, 6.07) is 0. The van der Waals surface area contributed by atoms with Gasteiger partial charge in [-0.05, 0) is 80.5 Å². The Kier molecular flexibility index (Phi) is 3.92. The average Bonchev–Trinajstić information content (AvgIpc) is 3.30. The number of hydrogen-bond acceptors (Lipinski definition) is 5. The first-order chi connectivity index (χ1) is 15.6. The Labute approximate surface area is 196 Å². The van der Waals surface area contributed by atoms with Crippen molar-refractivity contribution in [1.29, 1.82) is 0 Å². The molecule has 2 heterocycles. The molecule has 5 heteroatoms. The first-order valence-electron chi connectivity index (χ1n) is 13.3. The fourth-order valence-corrected chi connectivity index (χ4v) is 10.9. The summed E-state index contributed by atoms with van der Waals surface area (Å²) in [5.41, 5.74) is -0.431. The van der Waals surface area contributed by atoms with Crippen molar-refractivity contribution >= 4 is 11.8 Å². The number of ether oxygens (including phenoxy) is 2. The zero-order valence-electron chi connectivity index (χ0n) is 20.3. The molecule has 3 unspecified atom stereocenters. The summed E-state index contributed by atoms with van der Waals surface area (Å²) in [5, 5.41) is 11.4. The molecule has 0 aromatic carbocycles. The minimum Gasteiger partial charge on any atom is -0.458 e. The highest BCUT2D eigenvalue weighted by molar-refractivity contribution is 5.91. The SMILES string of the molecule is C=C1C(=O)O[C@@H]2C[C@@]1(C)OC[C@H]2C1CC[C@H]2[C@@H]3C[C@@H](O)C45CC4CC(=O)[C@]5(C)[C@H]3CC[C@]12C. The molecular formula is C28H38O5. The van der Waals surface area contributed by atoms with Gasteiger partial charge in [-0.15, -0.1) is 0 Å². The van der Waals surface area contributed by atoms with Crippen molar-refractivity contribution in [3.63, 3.8) is 0 Å². The second-order valence-electron chi connectivity index (χ2n) is 13.5. The predicted octanol–water partition coefficient (Wildman–Crippen LogP) is 4.07. The summed E-state index contributed by atoms with van der Waals surface area (Å²) >= 11 is 0. The Morgan fingerprint density at radius 2 is 1.73 bits per heavy atom. The molecule has 5 nitrogen and oxygen atoms in total. The van der Waals surface area contributed by atoms with Gasteiger partial charge in [0.15, 0.2) is 0 Å². The van der Waals surface area contributed by atoms with Crippen molar-refractivity contribution in [2.75, 3.05) is 6.61 Å². The number of hydrogen-bond donors (Lipinski definition) is 1. The molecule has 7 aliphatic rings. The summed E-state index contributed by atoms with van der Waals surface area (Å²) in [5.74, 6) is 2.60. The molecule has 0 amide bonds. The van der Waals surface area contributed by atoms with E-state index in [4.69, 9.17) is 9.47 Å². The molecule has 7 rings (SSSR count). The Morgan fingerprint density at radius 1 is 1.00 bits per heavy atom. The number of carbonyl (C=O) groups is 2. The number of ketones is 1. The first kappa shape index (κ1) is 21.1. The fourth-order valence-electron chi connectivity index (χ4n) is 10.9. The molecule has 7 fully saturated rings. The molecule has 5 aliphatic carbocycles. The van der Waals surface area contributed by atoms with Crippen molar-refractivity contribution < 1.29 is 24.2 Å². The van der Waals surface area contributed by atoms with Crippen LogP contribution in [0.5, 0.6) is 0 Å². The highest BCUT2D eigenvalue weighted by Gasteiger charge is 2.80. The highest BCUT2D eigenvalue weighted by atomic mass is 16.6. The number of rotatable bonds is 1. The average molecular weight is 455 g/mol. The highest BCUT2D eigenvalue weighted by Crippen LogP contribution is 2.80. The van der Waals surface area contributed by atoms with Crippen LogP contribution in [0.15, 0.2) is 12.2 Å². The molecular weight excluding hydrogens is 416 g/mol. The second kappa shape index (κ2) is 6.13. The van der Waals surface area contributed by atoms with Crippen molar-refractivity contribution in [2.45, 2.75) is 89.9 Å². The summed E-state index contributed by atoms with van der Waals surface area (Å²) in [4.78, 5) is 25.8. The van der Waals surface area contributed by atoms with Gasteiger partial charge in [-0.1, -0.05) is 20.4 Å². The van der Waals surface area contributed by atoms with Gasteiger partial charge in [0.2, 0.25) is 0 Å². The van der Waals surface area contributed by atoms with Gasteiger partial charge in [0.1, 0.15) is 17.5 Å². The largest absolute Gasteiger partial charge is 0.458 e. The lowest BCUT2D eigenvalue weighted by atomic mass is 9.45. The van der Waals surface area contributed by atoms with Crippen LogP contribution >= 0.6 is 0 Å². The van der Waals surface area contributed by atoms with Crippen molar-refractivity contribution in [3.05, 3.63) is 12.2 Å².